The Morgan fingerprint density at radius 1 is 0.483 bits per heavy atom. The summed E-state index contributed by atoms with van der Waals surface area (Å²) in [6.45, 7) is 0. The molecular weight excluding hydrogens is 727 g/mol. The number of hydrogen-bond donors (Lipinski definition) is 0. The molecule has 0 bridgehead atoms. The second kappa shape index (κ2) is 11.8. The molecule has 0 unspecified atom stereocenters. The van der Waals surface area contributed by atoms with E-state index in [-0.39, 0.29) is 0 Å². The van der Waals surface area contributed by atoms with Crippen LogP contribution in [0.25, 0.3) is 81.6 Å². The van der Waals surface area contributed by atoms with E-state index in [0.29, 0.717) is 5.82 Å². The molecule has 1 aliphatic carbocycles. The zero-order valence-corrected chi connectivity index (χ0v) is 31.9. The molecule has 4 nitrogen and oxygen atoms in total. The number of rotatable bonds is 3. The van der Waals surface area contributed by atoms with Gasteiger partial charge >= 0.3 is 0 Å². The van der Waals surface area contributed by atoms with Crippen molar-refractivity contribution in [3.63, 3.8) is 0 Å². The van der Waals surface area contributed by atoms with E-state index in [1.807, 2.05) is 0 Å². The van der Waals surface area contributed by atoms with Crippen LogP contribution in [0.5, 0.6) is 11.5 Å². The first-order valence-electron chi connectivity index (χ1n) is 19.7. The van der Waals surface area contributed by atoms with Gasteiger partial charge in [0.1, 0.15) is 11.5 Å². The Kier molecular flexibility index (Phi) is 6.49. The summed E-state index contributed by atoms with van der Waals surface area (Å²) >= 11 is 1.76. The molecule has 3 aromatic heterocycles. The van der Waals surface area contributed by atoms with Crippen LogP contribution in [0.2, 0.25) is 0 Å². The van der Waals surface area contributed by atoms with Crippen LogP contribution in [0.15, 0.2) is 188 Å². The van der Waals surface area contributed by atoms with Gasteiger partial charge in [0.2, 0.25) is 0 Å². The Labute approximate surface area is 337 Å². The van der Waals surface area contributed by atoms with Crippen molar-refractivity contribution < 1.29 is 4.74 Å². The van der Waals surface area contributed by atoms with E-state index in [4.69, 9.17) is 14.7 Å². The molecule has 5 heteroatoms. The molecule has 0 saturated carbocycles. The molecule has 0 atom stereocenters. The number of hydrogen-bond acceptors (Lipinski definition) is 4. The summed E-state index contributed by atoms with van der Waals surface area (Å²) in [6.07, 6.45) is 0. The molecule has 0 N–H and O–H groups in total. The summed E-state index contributed by atoms with van der Waals surface area (Å²) in [4.78, 5) is 11.1. The van der Waals surface area contributed by atoms with Crippen molar-refractivity contribution in [1.82, 2.24) is 14.5 Å². The molecule has 11 aromatic rings. The SMILES string of the molecule is c1ccc(-n2c3ccccc3c3cc(-c4nc(-c5cccc6c5C5(c7ccccc7O6)c6ccccc6-c6ccccc65)c5sc6ccccc6c5n4)ccc32)cc1. The smallest absolute Gasteiger partial charge is 0.160 e. The maximum Gasteiger partial charge on any atom is 0.160 e. The molecule has 0 radical (unpaired) electrons. The third kappa shape index (κ3) is 4.18. The molecule has 0 saturated heterocycles. The highest BCUT2D eigenvalue weighted by Gasteiger charge is 2.52. The summed E-state index contributed by atoms with van der Waals surface area (Å²) in [5, 5.41) is 3.49. The zero-order valence-electron chi connectivity index (χ0n) is 31.1. The Balaban J connectivity index is 1.13. The number of fused-ring (bicyclic) bond motifs is 15. The Bertz CT molecular complexity index is 3460. The Morgan fingerprint density at radius 2 is 1.12 bits per heavy atom. The second-order valence-corrected chi connectivity index (χ2v) is 16.3. The van der Waals surface area contributed by atoms with Crippen molar-refractivity contribution in [2.75, 3.05) is 0 Å². The number of thiophene rings is 1. The van der Waals surface area contributed by atoms with Gasteiger partial charge in [-0.05, 0) is 76.9 Å². The maximum atomic E-state index is 6.93. The number of aromatic nitrogens is 3. The van der Waals surface area contributed by atoms with Gasteiger partial charge in [-0.3, -0.25) is 0 Å². The van der Waals surface area contributed by atoms with Gasteiger partial charge in [0.15, 0.2) is 5.82 Å². The van der Waals surface area contributed by atoms with Crippen LogP contribution in [0, 0.1) is 0 Å². The van der Waals surface area contributed by atoms with Gasteiger partial charge < -0.3 is 9.30 Å². The van der Waals surface area contributed by atoms with Crippen LogP contribution in [0.4, 0.5) is 0 Å². The second-order valence-electron chi connectivity index (χ2n) is 15.2. The number of ether oxygens (including phenoxy) is 1. The summed E-state index contributed by atoms with van der Waals surface area (Å²) in [6, 6.07) is 67.4. The van der Waals surface area contributed by atoms with Crippen molar-refractivity contribution in [3.05, 3.63) is 210 Å². The molecule has 4 heterocycles. The van der Waals surface area contributed by atoms with E-state index in [1.54, 1.807) is 11.3 Å². The Hall–Kier alpha value is -7.34. The van der Waals surface area contributed by atoms with Gasteiger partial charge in [0.05, 0.1) is 32.4 Å². The lowest BCUT2D eigenvalue weighted by Crippen LogP contribution is -2.33. The van der Waals surface area contributed by atoms with Crippen LogP contribution >= 0.6 is 11.3 Å². The third-order valence-electron chi connectivity index (χ3n) is 12.3. The fraction of sp³-hybridized carbons (Fsp3) is 0.0189. The fourth-order valence-electron chi connectivity index (χ4n) is 9.98. The molecule has 0 fully saturated rings. The Morgan fingerprint density at radius 3 is 1.95 bits per heavy atom. The van der Waals surface area contributed by atoms with Gasteiger partial charge in [-0.15, -0.1) is 11.3 Å². The normalized spacial score (nSPS) is 13.4. The standard InChI is InChI=1S/C53H31N3OS/c1-2-15-33(16-3-1)56-43-25-11-6-19-36(43)39-31-32(29-30-44(39)56)52-54-49-37-20-7-13-28-47(37)58-51(49)50(55-52)38-21-14-27-46-48(38)53(42-24-10-12-26-45(42)57-46)40-22-8-4-17-34(40)35-18-5-9-23-41(35)53/h1-31H. The van der Waals surface area contributed by atoms with E-state index in [1.165, 1.54) is 37.9 Å². The third-order valence-corrected chi connectivity index (χ3v) is 13.5. The summed E-state index contributed by atoms with van der Waals surface area (Å²) in [5.41, 5.74) is 13.9. The first-order valence-corrected chi connectivity index (χ1v) is 20.5. The van der Waals surface area contributed by atoms with Crippen molar-refractivity contribution >= 4 is 53.4 Å². The highest BCUT2D eigenvalue weighted by Crippen LogP contribution is 2.64. The zero-order chi connectivity index (χ0) is 38.0. The lowest BCUT2D eigenvalue weighted by molar-refractivity contribution is 0.437. The largest absolute Gasteiger partial charge is 0.457 e. The summed E-state index contributed by atoms with van der Waals surface area (Å²) in [7, 11) is 0. The van der Waals surface area contributed by atoms with Crippen molar-refractivity contribution in [2.24, 2.45) is 0 Å². The minimum Gasteiger partial charge on any atom is -0.457 e. The molecular formula is C53H31N3OS. The first kappa shape index (κ1) is 31.8. The van der Waals surface area contributed by atoms with Crippen LogP contribution < -0.4 is 4.74 Å². The van der Waals surface area contributed by atoms with E-state index < -0.39 is 5.41 Å². The molecule has 270 valence electrons. The van der Waals surface area contributed by atoms with Gasteiger partial charge in [0.25, 0.3) is 0 Å². The van der Waals surface area contributed by atoms with E-state index >= 15 is 0 Å². The molecule has 1 aliphatic heterocycles. The van der Waals surface area contributed by atoms with E-state index in [0.717, 1.165) is 71.6 Å². The lowest BCUT2D eigenvalue weighted by Gasteiger charge is -2.40. The topological polar surface area (TPSA) is 39.9 Å². The van der Waals surface area contributed by atoms with E-state index in [2.05, 4.69) is 193 Å². The molecule has 13 rings (SSSR count). The van der Waals surface area contributed by atoms with Crippen molar-refractivity contribution in [1.29, 1.82) is 0 Å². The predicted octanol–water partition coefficient (Wildman–Crippen LogP) is 13.7. The molecule has 58 heavy (non-hydrogen) atoms. The minimum absolute atomic E-state index is 0.639. The molecule has 1 spiro atoms. The van der Waals surface area contributed by atoms with Crippen molar-refractivity contribution in [3.8, 4) is 51.0 Å². The van der Waals surface area contributed by atoms with Gasteiger partial charge in [-0.25, -0.2) is 9.97 Å². The van der Waals surface area contributed by atoms with Gasteiger partial charge in [-0.1, -0.05) is 133 Å². The molecule has 0 amide bonds. The van der Waals surface area contributed by atoms with Gasteiger partial charge in [-0.2, -0.15) is 0 Å². The summed E-state index contributed by atoms with van der Waals surface area (Å²) < 4.78 is 11.5. The molecule has 8 aromatic carbocycles. The molecule has 2 aliphatic rings. The van der Waals surface area contributed by atoms with E-state index in [9.17, 15) is 0 Å². The average molecular weight is 758 g/mol. The van der Waals surface area contributed by atoms with Crippen LogP contribution in [-0.4, -0.2) is 14.5 Å². The van der Waals surface area contributed by atoms with Crippen molar-refractivity contribution in [2.45, 2.75) is 5.41 Å². The first-order chi connectivity index (χ1) is 28.8. The average Bonchev–Trinajstić information content (AvgIpc) is 3.93. The highest BCUT2D eigenvalue weighted by atomic mass is 32.1. The van der Waals surface area contributed by atoms with Crippen LogP contribution in [0.3, 0.4) is 0 Å². The highest BCUT2D eigenvalue weighted by molar-refractivity contribution is 7.26. The number of benzene rings is 8. The van der Waals surface area contributed by atoms with Crippen LogP contribution in [-0.2, 0) is 5.41 Å². The fourth-order valence-corrected chi connectivity index (χ4v) is 11.1. The quantitative estimate of drug-likeness (QED) is 0.180. The maximum absolute atomic E-state index is 6.93. The summed E-state index contributed by atoms with van der Waals surface area (Å²) in [5.74, 6) is 2.41. The van der Waals surface area contributed by atoms with Crippen LogP contribution in [0.1, 0.15) is 22.3 Å². The monoisotopic (exact) mass is 757 g/mol. The number of para-hydroxylation sites is 3. The predicted molar refractivity (Wildman–Crippen MR) is 238 cm³/mol. The van der Waals surface area contributed by atoms with Gasteiger partial charge in [0, 0.05) is 48.8 Å². The number of nitrogens with zero attached hydrogens (tertiary/aromatic N) is 3. The lowest BCUT2D eigenvalue weighted by atomic mass is 9.64. The minimum atomic E-state index is -0.639.